The van der Waals surface area contributed by atoms with E-state index in [-0.39, 0.29) is 5.91 Å². The van der Waals surface area contributed by atoms with Crippen LogP contribution in [0.2, 0.25) is 5.02 Å². The Hall–Kier alpha value is -0.780. The van der Waals surface area contributed by atoms with Crippen LogP contribution in [0.3, 0.4) is 0 Å². The number of amides is 1. The summed E-state index contributed by atoms with van der Waals surface area (Å²) in [5.41, 5.74) is 6.10. The van der Waals surface area contributed by atoms with Crippen LogP contribution in [-0.2, 0) is 4.79 Å². The van der Waals surface area contributed by atoms with Crippen molar-refractivity contribution >= 4 is 39.1 Å². The van der Waals surface area contributed by atoms with E-state index in [2.05, 4.69) is 28.2 Å². The fourth-order valence-corrected chi connectivity index (χ4v) is 2.89. The van der Waals surface area contributed by atoms with Gasteiger partial charge >= 0.3 is 0 Å². The molecule has 0 saturated heterocycles. The van der Waals surface area contributed by atoms with Gasteiger partial charge in [0.25, 0.3) is 0 Å². The number of nitrogens with one attached hydrogen (secondary N) is 1. The van der Waals surface area contributed by atoms with Crippen molar-refractivity contribution in [2.24, 2.45) is 11.7 Å². The summed E-state index contributed by atoms with van der Waals surface area (Å²) in [6.45, 7) is 5.15. The molecule has 0 radical (unpaired) electrons. The predicted octanol–water partition coefficient (Wildman–Crippen LogP) is 4.20. The molecular formula is C15H22BrClN2O2. The Morgan fingerprint density at radius 2 is 2.19 bits per heavy atom. The van der Waals surface area contributed by atoms with E-state index >= 15 is 0 Å². The minimum atomic E-state index is -0.0472. The smallest absolute Gasteiger partial charge is 0.224 e. The largest absolute Gasteiger partial charge is 0.491 e. The number of halogens is 2. The molecule has 1 unspecified atom stereocenters. The molecule has 0 aliphatic rings. The number of carbonyl (C=O) groups excluding carboxylic acids is 1. The van der Waals surface area contributed by atoms with Crippen molar-refractivity contribution in [2.45, 2.75) is 33.1 Å². The van der Waals surface area contributed by atoms with Crippen molar-refractivity contribution in [3.63, 3.8) is 0 Å². The van der Waals surface area contributed by atoms with Crippen LogP contribution in [0.25, 0.3) is 0 Å². The second-order valence-electron chi connectivity index (χ2n) is 4.97. The monoisotopic (exact) mass is 376 g/mol. The van der Waals surface area contributed by atoms with E-state index in [1.165, 1.54) is 0 Å². The predicted molar refractivity (Wildman–Crippen MR) is 91.0 cm³/mol. The van der Waals surface area contributed by atoms with E-state index in [1.54, 1.807) is 12.1 Å². The van der Waals surface area contributed by atoms with Crippen LogP contribution < -0.4 is 15.8 Å². The highest BCUT2D eigenvalue weighted by molar-refractivity contribution is 9.10. The average molecular weight is 378 g/mol. The van der Waals surface area contributed by atoms with Gasteiger partial charge in [0.2, 0.25) is 5.91 Å². The first kappa shape index (κ1) is 18.3. The molecule has 4 nitrogen and oxygen atoms in total. The third kappa shape index (κ3) is 6.24. The van der Waals surface area contributed by atoms with Gasteiger partial charge < -0.3 is 15.8 Å². The quantitative estimate of drug-likeness (QED) is 0.713. The van der Waals surface area contributed by atoms with Crippen LogP contribution in [0.1, 0.15) is 33.1 Å². The van der Waals surface area contributed by atoms with E-state index in [1.807, 2.05) is 6.92 Å². The fraction of sp³-hybridized carbons (Fsp3) is 0.533. The highest BCUT2D eigenvalue weighted by Crippen LogP contribution is 2.36. The summed E-state index contributed by atoms with van der Waals surface area (Å²) in [4.78, 5) is 12.0. The molecule has 1 rings (SSSR count). The molecule has 6 heteroatoms. The first-order valence-corrected chi connectivity index (χ1v) is 8.26. The van der Waals surface area contributed by atoms with Gasteiger partial charge in [-0.1, -0.05) is 18.5 Å². The van der Waals surface area contributed by atoms with Gasteiger partial charge in [-0.2, -0.15) is 0 Å². The maximum absolute atomic E-state index is 12.0. The molecule has 0 spiro atoms. The second-order valence-corrected chi connectivity index (χ2v) is 6.26. The molecule has 3 N–H and O–H groups in total. The van der Waals surface area contributed by atoms with Crippen LogP contribution in [0.5, 0.6) is 5.75 Å². The Kier molecular flexibility index (Phi) is 8.07. The molecule has 1 aromatic carbocycles. The molecule has 1 aromatic rings. The van der Waals surface area contributed by atoms with Gasteiger partial charge in [0.1, 0.15) is 0 Å². The first-order chi connectivity index (χ1) is 9.97. The molecule has 1 amide bonds. The van der Waals surface area contributed by atoms with Crippen molar-refractivity contribution in [2.75, 3.05) is 18.5 Å². The summed E-state index contributed by atoms with van der Waals surface area (Å²) in [6, 6.07) is 3.43. The number of hydrogen-bond donors (Lipinski definition) is 2. The minimum absolute atomic E-state index is 0.0472. The molecular weight excluding hydrogens is 356 g/mol. The van der Waals surface area contributed by atoms with Gasteiger partial charge in [0.15, 0.2) is 5.75 Å². The molecule has 0 fully saturated rings. The number of rotatable bonds is 8. The standard InChI is InChI=1S/C15H22BrClN2O2/c1-3-21-15-12(16)8-11(17)9-13(15)19-14(20)5-4-10(2)6-7-18/h8-10H,3-7,18H2,1-2H3,(H,19,20). The lowest BCUT2D eigenvalue weighted by molar-refractivity contribution is -0.116. The molecule has 21 heavy (non-hydrogen) atoms. The van der Waals surface area contributed by atoms with Gasteiger partial charge in [-0.3, -0.25) is 4.79 Å². The van der Waals surface area contributed by atoms with E-state index in [9.17, 15) is 4.79 Å². The molecule has 0 aliphatic heterocycles. The lowest BCUT2D eigenvalue weighted by atomic mass is 10.0. The topological polar surface area (TPSA) is 64.3 Å². The molecule has 118 valence electrons. The third-order valence-electron chi connectivity index (χ3n) is 3.09. The number of anilines is 1. The van der Waals surface area contributed by atoms with Crippen LogP contribution in [0, 0.1) is 5.92 Å². The highest BCUT2D eigenvalue weighted by atomic mass is 79.9. The lowest BCUT2D eigenvalue weighted by Crippen LogP contribution is -2.15. The summed E-state index contributed by atoms with van der Waals surface area (Å²) in [7, 11) is 0. The summed E-state index contributed by atoms with van der Waals surface area (Å²) in [6.07, 6.45) is 2.20. The van der Waals surface area contributed by atoms with E-state index in [0.717, 1.165) is 17.3 Å². The summed E-state index contributed by atoms with van der Waals surface area (Å²) < 4.78 is 6.28. The number of benzene rings is 1. The van der Waals surface area contributed by atoms with Crippen molar-refractivity contribution in [1.82, 2.24) is 0 Å². The van der Waals surface area contributed by atoms with Crippen molar-refractivity contribution in [3.05, 3.63) is 21.6 Å². The zero-order valence-corrected chi connectivity index (χ0v) is 14.8. The Morgan fingerprint density at radius 3 is 2.81 bits per heavy atom. The Labute approximate surface area is 139 Å². The van der Waals surface area contributed by atoms with Crippen molar-refractivity contribution in [3.8, 4) is 5.75 Å². The molecule has 1 atom stereocenters. The molecule has 0 saturated carbocycles. The minimum Gasteiger partial charge on any atom is -0.491 e. The van der Waals surface area contributed by atoms with Gasteiger partial charge in [0, 0.05) is 11.4 Å². The molecule has 0 aromatic heterocycles. The van der Waals surface area contributed by atoms with Crippen LogP contribution in [0.15, 0.2) is 16.6 Å². The average Bonchev–Trinajstić information content (AvgIpc) is 2.41. The number of ether oxygens (including phenoxy) is 1. The van der Waals surface area contributed by atoms with Crippen LogP contribution in [-0.4, -0.2) is 19.1 Å². The van der Waals surface area contributed by atoms with E-state index in [4.69, 9.17) is 22.1 Å². The van der Waals surface area contributed by atoms with E-state index < -0.39 is 0 Å². The normalized spacial score (nSPS) is 12.0. The van der Waals surface area contributed by atoms with Crippen molar-refractivity contribution in [1.29, 1.82) is 0 Å². The zero-order valence-electron chi connectivity index (χ0n) is 12.4. The lowest BCUT2D eigenvalue weighted by Gasteiger charge is -2.14. The fourth-order valence-electron chi connectivity index (χ4n) is 1.96. The first-order valence-electron chi connectivity index (χ1n) is 7.09. The number of carbonyl (C=O) groups is 1. The second kappa shape index (κ2) is 9.28. The maximum atomic E-state index is 12.0. The van der Waals surface area contributed by atoms with Gasteiger partial charge in [-0.15, -0.1) is 0 Å². The van der Waals surface area contributed by atoms with Crippen molar-refractivity contribution < 1.29 is 9.53 Å². The Balaban J connectivity index is 2.70. The van der Waals surface area contributed by atoms with Crippen LogP contribution in [0.4, 0.5) is 5.69 Å². The Bertz CT molecular complexity index is 483. The number of nitrogens with two attached hydrogens (primary N) is 1. The molecule has 0 heterocycles. The molecule has 0 aliphatic carbocycles. The van der Waals surface area contributed by atoms with Gasteiger partial charge in [-0.05, 0) is 60.3 Å². The maximum Gasteiger partial charge on any atom is 0.224 e. The summed E-state index contributed by atoms with van der Waals surface area (Å²) in [5, 5.41) is 3.40. The number of hydrogen-bond acceptors (Lipinski definition) is 3. The summed E-state index contributed by atoms with van der Waals surface area (Å²) in [5.74, 6) is 0.998. The summed E-state index contributed by atoms with van der Waals surface area (Å²) >= 11 is 9.42. The zero-order chi connectivity index (χ0) is 15.8. The van der Waals surface area contributed by atoms with Gasteiger partial charge in [-0.25, -0.2) is 0 Å². The Morgan fingerprint density at radius 1 is 1.48 bits per heavy atom. The van der Waals surface area contributed by atoms with Gasteiger partial charge in [0.05, 0.1) is 16.8 Å². The highest BCUT2D eigenvalue weighted by Gasteiger charge is 2.13. The molecule has 0 bridgehead atoms. The van der Waals surface area contributed by atoms with Crippen LogP contribution >= 0.6 is 27.5 Å². The SMILES string of the molecule is CCOc1c(Br)cc(Cl)cc1NC(=O)CCC(C)CCN. The van der Waals surface area contributed by atoms with E-state index in [0.29, 0.717) is 41.9 Å². The third-order valence-corrected chi connectivity index (χ3v) is 3.90.